The van der Waals surface area contributed by atoms with Gasteiger partial charge in [0, 0.05) is 11.7 Å². The summed E-state index contributed by atoms with van der Waals surface area (Å²) in [5, 5.41) is 2.66. The summed E-state index contributed by atoms with van der Waals surface area (Å²) in [7, 11) is -3.56. The van der Waals surface area contributed by atoms with Crippen molar-refractivity contribution in [3.05, 3.63) is 48.5 Å². The van der Waals surface area contributed by atoms with Crippen LogP contribution >= 0.6 is 0 Å². The monoisotopic (exact) mass is 392 g/mol. The van der Waals surface area contributed by atoms with Gasteiger partial charge in [-0.3, -0.25) is 4.79 Å². The first-order chi connectivity index (χ1) is 12.8. The third kappa shape index (κ3) is 6.26. The molecular weight excluding hydrogens is 368 g/mol. The Hall–Kier alpha value is -2.58. The highest BCUT2D eigenvalue weighted by Crippen LogP contribution is 2.26. The molecule has 2 N–H and O–H groups in total. The number of hydrogen-bond acceptors (Lipinski definition) is 5. The van der Waals surface area contributed by atoms with E-state index in [-0.39, 0.29) is 23.5 Å². The van der Waals surface area contributed by atoms with E-state index in [1.165, 1.54) is 24.3 Å². The molecule has 7 nitrogen and oxygen atoms in total. The van der Waals surface area contributed by atoms with Crippen LogP contribution in [0.2, 0.25) is 0 Å². The maximum Gasteiger partial charge on any atom is 0.262 e. The molecule has 0 aliphatic heterocycles. The van der Waals surface area contributed by atoms with Crippen LogP contribution in [-0.2, 0) is 14.8 Å². The Morgan fingerprint density at radius 1 is 1.00 bits per heavy atom. The van der Waals surface area contributed by atoms with Crippen molar-refractivity contribution in [2.45, 2.75) is 31.7 Å². The fourth-order valence-electron chi connectivity index (χ4n) is 2.28. The van der Waals surface area contributed by atoms with Crippen molar-refractivity contribution in [3.8, 4) is 11.5 Å². The predicted octanol–water partition coefficient (Wildman–Crippen LogP) is 2.79. The molecule has 0 fully saturated rings. The Balaban J connectivity index is 1.95. The molecule has 146 valence electrons. The van der Waals surface area contributed by atoms with Crippen LogP contribution in [0.5, 0.6) is 11.5 Å². The quantitative estimate of drug-likeness (QED) is 0.684. The highest BCUT2D eigenvalue weighted by atomic mass is 32.2. The summed E-state index contributed by atoms with van der Waals surface area (Å²) in [6.07, 6.45) is 0. The van der Waals surface area contributed by atoms with Crippen molar-refractivity contribution in [2.24, 2.45) is 0 Å². The fourth-order valence-corrected chi connectivity index (χ4v) is 3.53. The molecule has 0 aliphatic carbocycles. The summed E-state index contributed by atoms with van der Waals surface area (Å²) in [6, 6.07) is 12.8. The molecule has 0 radical (unpaired) electrons. The second-order valence-corrected chi connectivity index (χ2v) is 7.73. The highest BCUT2D eigenvalue weighted by Gasteiger charge is 2.15. The SMILES string of the molecule is CCOc1ccccc1OCC(=O)Nc1ccc(S(=O)(=O)NC(C)C)cc1. The van der Waals surface area contributed by atoms with Crippen molar-refractivity contribution in [1.29, 1.82) is 0 Å². The topological polar surface area (TPSA) is 93.7 Å². The average molecular weight is 392 g/mol. The van der Waals surface area contributed by atoms with E-state index in [1.807, 2.05) is 13.0 Å². The molecule has 0 aromatic heterocycles. The van der Waals surface area contributed by atoms with Gasteiger partial charge in [-0.2, -0.15) is 0 Å². The van der Waals surface area contributed by atoms with Gasteiger partial charge in [-0.25, -0.2) is 13.1 Å². The van der Waals surface area contributed by atoms with E-state index in [2.05, 4.69) is 10.0 Å². The lowest BCUT2D eigenvalue weighted by Crippen LogP contribution is -2.30. The summed E-state index contributed by atoms with van der Waals surface area (Å²) >= 11 is 0. The summed E-state index contributed by atoms with van der Waals surface area (Å²) in [6.45, 7) is 5.66. The number of para-hydroxylation sites is 2. The maximum absolute atomic E-state index is 12.1. The van der Waals surface area contributed by atoms with Crippen LogP contribution in [0.3, 0.4) is 0 Å². The largest absolute Gasteiger partial charge is 0.490 e. The van der Waals surface area contributed by atoms with E-state index in [0.29, 0.717) is 23.8 Å². The van der Waals surface area contributed by atoms with E-state index in [9.17, 15) is 13.2 Å². The Bertz CT molecular complexity index is 864. The maximum atomic E-state index is 12.1. The first-order valence-corrected chi connectivity index (χ1v) is 10.1. The van der Waals surface area contributed by atoms with Gasteiger partial charge >= 0.3 is 0 Å². The van der Waals surface area contributed by atoms with Crippen molar-refractivity contribution in [1.82, 2.24) is 4.72 Å². The van der Waals surface area contributed by atoms with Crippen LogP contribution in [0.1, 0.15) is 20.8 Å². The molecule has 0 bridgehead atoms. The number of sulfonamides is 1. The van der Waals surface area contributed by atoms with Gasteiger partial charge in [0.25, 0.3) is 5.91 Å². The second-order valence-electron chi connectivity index (χ2n) is 6.02. The lowest BCUT2D eigenvalue weighted by molar-refractivity contribution is -0.118. The fraction of sp³-hybridized carbons (Fsp3) is 0.316. The molecule has 2 aromatic rings. The first kappa shape index (κ1) is 20.7. The van der Waals surface area contributed by atoms with Gasteiger partial charge in [0.2, 0.25) is 10.0 Å². The second kappa shape index (κ2) is 9.38. The first-order valence-electron chi connectivity index (χ1n) is 8.58. The third-order valence-corrected chi connectivity index (χ3v) is 5.02. The number of ether oxygens (including phenoxy) is 2. The van der Waals surface area contributed by atoms with Gasteiger partial charge in [0.1, 0.15) is 0 Å². The molecule has 8 heteroatoms. The normalized spacial score (nSPS) is 11.3. The zero-order valence-corrected chi connectivity index (χ0v) is 16.4. The molecule has 0 spiro atoms. The summed E-state index contributed by atoms with van der Waals surface area (Å²) in [5.41, 5.74) is 0.477. The third-order valence-electron chi connectivity index (χ3n) is 3.35. The summed E-state index contributed by atoms with van der Waals surface area (Å²) in [4.78, 5) is 12.2. The smallest absolute Gasteiger partial charge is 0.262 e. The van der Waals surface area contributed by atoms with Gasteiger partial charge in [0.05, 0.1) is 11.5 Å². The van der Waals surface area contributed by atoms with E-state index >= 15 is 0 Å². The molecule has 0 saturated carbocycles. The Morgan fingerprint density at radius 3 is 2.15 bits per heavy atom. The summed E-state index contributed by atoms with van der Waals surface area (Å²) < 4.78 is 37.6. The number of carbonyl (C=O) groups is 1. The highest BCUT2D eigenvalue weighted by molar-refractivity contribution is 7.89. The molecule has 2 rings (SSSR count). The van der Waals surface area contributed by atoms with E-state index < -0.39 is 10.0 Å². The molecule has 0 aliphatic rings. The van der Waals surface area contributed by atoms with Crippen molar-refractivity contribution >= 4 is 21.6 Å². The van der Waals surface area contributed by atoms with E-state index in [1.54, 1.807) is 32.0 Å². The standard InChI is InChI=1S/C19H24N2O5S/c1-4-25-17-7-5-6-8-18(17)26-13-19(22)20-15-9-11-16(12-10-15)27(23,24)21-14(2)3/h5-12,14,21H,4,13H2,1-3H3,(H,20,22). The molecule has 1 amide bonds. The minimum Gasteiger partial charge on any atom is -0.490 e. The Kier molecular flexibility index (Phi) is 7.20. The lowest BCUT2D eigenvalue weighted by Gasteiger charge is -2.12. The molecule has 0 unspecified atom stereocenters. The Labute approximate surface area is 159 Å². The molecular formula is C19H24N2O5S. The average Bonchev–Trinajstić information content (AvgIpc) is 2.61. The minimum absolute atomic E-state index is 0.135. The number of hydrogen-bond donors (Lipinski definition) is 2. The summed E-state index contributed by atoms with van der Waals surface area (Å²) in [5.74, 6) is 0.688. The van der Waals surface area contributed by atoms with Crippen LogP contribution in [0.25, 0.3) is 0 Å². The Morgan fingerprint density at radius 2 is 1.59 bits per heavy atom. The zero-order chi connectivity index (χ0) is 19.9. The van der Waals surface area contributed by atoms with Crippen LogP contribution in [0.4, 0.5) is 5.69 Å². The molecule has 2 aromatic carbocycles. The van der Waals surface area contributed by atoms with Gasteiger partial charge in [-0.05, 0) is 57.2 Å². The minimum atomic E-state index is -3.56. The number of rotatable bonds is 9. The number of benzene rings is 2. The van der Waals surface area contributed by atoms with Gasteiger partial charge in [0.15, 0.2) is 18.1 Å². The number of nitrogens with one attached hydrogen (secondary N) is 2. The van der Waals surface area contributed by atoms with Gasteiger partial charge < -0.3 is 14.8 Å². The zero-order valence-electron chi connectivity index (χ0n) is 15.6. The van der Waals surface area contributed by atoms with Crippen LogP contribution < -0.4 is 19.5 Å². The van der Waals surface area contributed by atoms with Crippen LogP contribution in [0.15, 0.2) is 53.4 Å². The van der Waals surface area contributed by atoms with Crippen LogP contribution in [-0.4, -0.2) is 33.6 Å². The molecule has 0 saturated heterocycles. The van der Waals surface area contributed by atoms with Crippen molar-refractivity contribution < 1.29 is 22.7 Å². The van der Waals surface area contributed by atoms with Gasteiger partial charge in [-0.1, -0.05) is 12.1 Å². The van der Waals surface area contributed by atoms with Gasteiger partial charge in [-0.15, -0.1) is 0 Å². The molecule has 0 heterocycles. The van der Waals surface area contributed by atoms with E-state index in [0.717, 1.165) is 0 Å². The molecule has 0 atom stereocenters. The molecule has 27 heavy (non-hydrogen) atoms. The lowest BCUT2D eigenvalue weighted by atomic mass is 10.3. The van der Waals surface area contributed by atoms with E-state index in [4.69, 9.17) is 9.47 Å². The number of anilines is 1. The predicted molar refractivity (Wildman–Crippen MR) is 104 cm³/mol. The van der Waals surface area contributed by atoms with Crippen molar-refractivity contribution in [2.75, 3.05) is 18.5 Å². The van der Waals surface area contributed by atoms with Crippen LogP contribution in [0, 0.1) is 0 Å². The van der Waals surface area contributed by atoms with Crippen molar-refractivity contribution in [3.63, 3.8) is 0 Å². The number of carbonyl (C=O) groups excluding carboxylic acids is 1. The number of amides is 1.